The molecule has 3 rings (SSSR count). The van der Waals surface area contributed by atoms with E-state index in [1.54, 1.807) is 6.21 Å². The van der Waals surface area contributed by atoms with Crippen LogP contribution in [0, 0.1) is 34.6 Å². The average Bonchev–Trinajstić information content (AvgIpc) is 2.93. The van der Waals surface area contributed by atoms with Crippen LogP contribution < -0.4 is 5.43 Å². The Morgan fingerprint density at radius 1 is 1.10 bits per heavy atom. The second-order valence-corrected chi connectivity index (χ2v) is 7.91. The van der Waals surface area contributed by atoms with Crippen molar-refractivity contribution in [3.8, 4) is 5.69 Å². The predicted octanol–water partition coefficient (Wildman–Crippen LogP) is 4.05. The van der Waals surface area contributed by atoms with E-state index >= 15 is 0 Å². The fourth-order valence-electron chi connectivity index (χ4n) is 3.20. The summed E-state index contributed by atoms with van der Waals surface area (Å²) in [5.74, 6) is 0.0179. The van der Waals surface area contributed by atoms with Gasteiger partial charge in [-0.25, -0.2) is 15.4 Å². The van der Waals surface area contributed by atoms with Crippen LogP contribution in [0.4, 0.5) is 0 Å². The maximum atomic E-state index is 12.1. The molecule has 0 aliphatic rings. The number of carbonyl (C=O) groups is 1. The van der Waals surface area contributed by atoms with Gasteiger partial charge in [0, 0.05) is 34.0 Å². The molecule has 0 bridgehead atoms. The van der Waals surface area contributed by atoms with Crippen molar-refractivity contribution in [2.45, 2.75) is 39.8 Å². The maximum absolute atomic E-state index is 12.1. The number of nitrogens with zero attached hydrogens (tertiary/aromatic N) is 4. The molecule has 0 aliphatic carbocycles. The third-order valence-corrected chi connectivity index (χ3v) is 5.36. The molecule has 1 aromatic carbocycles. The Morgan fingerprint density at radius 3 is 2.48 bits per heavy atom. The second kappa shape index (κ2) is 9.05. The first-order valence-corrected chi connectivity index (χ1v) is 10.4. The van der Waals surface area contributed by atoms with E-state index < -0.39 is 0 Å². The molecule has 7 heteroatoms. The van der Waals surface area contributed by atoms with Crippen LogP contribution in [0.25, 0.3) is 5.69 Å². The lowest BCUT2D eigenvalue weighted by Crippen LogP contribution is -2.19. The van der Waals surface area contributed by atoms with Crippen molar-refractivity contribution in [1.82, 2.24) is 20.0 Å². The minimum absolute atomic E-state index is 0.193. The summed E-state index contributed by atoms with van der Waals surface area (Å²) in [4.78, 5) is 20.7. The zero-order valence-corrected chi connectivity index (χ0v) is 18.2. The van der Waals surface area contributed by atoms with Gasteiger partial charge in [-0.1, -0.05) is 30.0 Å². The molecule has 0 radical (unpaired) electrons. The van der Waals surface area contributed by atoms with E-state index in [-0.39, 0.29) is 11.7 Å². The molecule has 0 fully saturated rings. The summed E-state index contributed by atoms with van der Waals surface area (Å²) >= 11 is 1.30. The Hall–Kier alpha value is -2.93. The number of thioether (sulfide) groups is 1. The number of hydrogen-bond acceptors (Lipinski definition) is 5. The molecular weight excluding hydrogens is 382 g/mol. The number of amides is 1. The molecular formula is C22H25N5OS. The van der Waals surface area contributed by atoms with Crippen LogP contribution in [0.1, 0.15) is 33.9 Å². The van der Waals surface area contributed by atoms with Gasteiger partial charge in [-0.05, 0) is 58.4 Å². The van der Waals surface area contributed by atoms with Gasteiger partial charge >= 0.3 is 0 Å². The average molecular weight is 408 g/mol. The van der Waals surface area contributed by atoms with E-state index in [1.807, 2.05) is 32.0 Å². The predicted molar refractivity (Wildman–Crippen MR) is 118 cm³/mol. The number of hydrazone groups is 1. The first-order valence-electron chi connectivity index (χ1n) is 9.37. The van der Waals surface area contributed by atoms with Crippen LogP contribution in [-0.2, 0) is 4.79 Å². The fraction of sp³-hybridized carbons (Fsp3) is 0.273. The lowest BCUT2D eigenvalue weighted by Gasteiger charge is -2.12. The Labute approximate surface area is 175 Å². The van der Waals surface area contributed by atoms with E-state index in [1.165, 1.54) is 17.3 Å². The van der Waals surface area contributed by atoms with Gasteiger partial charge in [-0.2, -0.15) is 5.10 Å². The lowest BCUT2D eigenvalue weighted by molar-refractivity contribution is -0.118. The molecule has 0 saturated carbocycles. The number of carbonyl (C=O) groups excluding carboxylic acids is 1. The van der Waals surface area contributed by atoms with Crippen molar-refractivity contribution in [3.05, 3.63) is 70.3 Å². The van der Waals surface area contributed by atoms with Gasteiger partial charge in [-0.3, -0.25) is 4.79 Å². The van der Waals surface area contributed by atoms with Crippen molar-refractivity contribution >= 4 is 23.9 Å². The summed E-state index contributed by atoms with van der Waals surface area (Å²) in [6.45, 7) is 10.0. The monoisotopic (exact) mass is 407 g/mol. The Morgan fingerprint density at radius 2 is 1.79 bits per heavy atom. The molecule has 3 aromatic rings. The van der Waals surface area contributed by atoms with Gasteiger partial charge in [0.25, 0.3) is 5.91 Å². The van der Waals surface area contributed by atoms with Crippen LogP contribution in [0.3, 0.4) is 0 Å². The normalized spacial score (nSPS) is 11.2. The van der Waals surface area contributed by atoms with Crippen LogP contribution >= 0.6 is 11.8 Å². The molecule has 2 aromatic heterocycles. The highest BCUT2D eigenvalue weighted by molar-refractivity contribution is 7.99. The summed E-state index contributed by atoms with van der Waals surface area (Å²) in [6, 6.07) is 12.2. The standard InChI is InChI=1S/C22H25N5OS/c1-14-8-6-7-9-20(14)27-17(4)11-19(18(27)5)12-23-26-21(28)13-29-22-24-15(2)10-16(3)25-22/h6-12H,13H2,1-5H3,(H,26,28)/b23-12-. The Balaban J connectivity index is 1.64. The molecule has 1 amide bonds. The third kappa shape index (κ3) is 5.12. The van der Waals surface area contributed by atoms with Crippen LogP contribution in [0.5, 0.6) is 0 Å². The van der Waals surface area contributed by atoms with Gasteiger partial charge in [0.1, 0.15) is 0 Å². The van der Waals surface area contributed by atoms with Crippen molar-refractivity contribution in [1.29, 1.82) is 0 Å². The van der Waals surface area contributed by atoms with Gasteiger partial charge < -0.3 is 4.57 Å². The number of para-hydroxylation sites is 1. The van der Waals surface area contributed by atoms with Crippen LogP contribution in [-0.4, -0.2) is 32.4 Å². The molecule has 0 spiro atoms. The molecule has 0 saturated heterocycles. The van der Waals surface area contributed by atoms with Crippen LogP contribution in [0.15, 0.2) is 46.7 Å². The Kier molecular flexibility index (Phi) is 6.49. The summed E-state index contributed by atoms with van der Waals surface area (Å²) in [6.07, 6.45) is 1.69. The Bertz CT molecular complexity index is 1050. The molecule has 1 N–H and O–H groups in total. The van der Waals surface area contributed by atoms with Crippen molar-refractivity contribution < 1.29 is 4.79 Å². The minimum atomic E-state index is -0.193. The topological polar surface area (TPSA) is 72.2 Å². The van der Waals surface area contributed by atoms with Crippen molar-refractivity contribution in [2.75, 3.05) is 5.75 Å². The molecule has 150 valence electrons. The molecule has 0 unspecified atom stereocenters. The molecule has 2 heterocycles. The summed E-state index contributed by atoms with van der Waals surface area (Å²) in [5.41, 5.74) is 9.88. The number of benzene rings is 1. The van der Waals surface area contributed by atoms with E-state index in [0.29, 0.717) is 5.16 Å². The van der Waals surface area contributed by atoms with Crippen molar-refractivity contribution in [3.63, 3.8) is 0 Å². The largest absolute Gasteiger partial charge is 0.318 e. The van der Waals surface area contributed by atoms with Gasteiger partial charge in [0.05, 0.1) is 12.0 Å². The highest BCUT2D eigenvalue weighted by Gasteiger charge is 2.11. The number of aromatic nitrogens is 3. The van der Waals surface area contributed by atoms with Gasteiger partial charge in [0.2, 0.25) is 0 Å². The van der Waals surface area contributed by atoms with E-state index in [4.69, 9.17) is 0 Å². The summed E-state index contributed by atoms with van der Waals surface area (Å²) < 4.78 is 2.20. The SMILES string of the molecule is Cc1cc(C)nc(SCC(=O)N/N=C\c2cc(C)n(-c3ccccc3C)c2C)n1. The van der Waals surface area contributed by atoms with E-state index in [0.717, 1.165) is 34.0 Å². The molecule has 29 heavy (non-hydrogen) atoms. The summed E-state index contributed by atoms with van der Waals surface area (Å²) in [5, 5.41) is 4.73. The molecule has 6 nitrogen and oxygen atoms in total. The fourth-order valence-corrected chi connectivity index (χ4v) is 3.94. The summed E-state index contributed by atoms with van der Waals surface area (Å²) in [7, 11) is 0. The smallest absolute Gasteiger partial charge is 0.250 e. The van der Waals surface area contributed by atoms with Crippen LogP contribution in [0.2, 0.25) is 0 Å². The minimum Gasteiger partial charge on any atom is -0.318 e. The zero-order valence-electron chi connectivity index (χ0n) is 17.4. The lowest BCUT2D eigenvalue weighted by atomic mass is 10.2. The number of hydrogen-bond donors (Lipinski definition) is 1. The third-order valence-electron chi connectivity index (χ3n) is 4.51. The number of rotatable bonds is 6. The van der Waals surface area contributed by atoms with E-state index in [9.17, 15) is 4.79 Å². The first kappa shape index (κ1) is 20.8. The molecule has 0 aliphatic heterocycles. The first-order chi connectivity index (χ1) is 13.8. The quantitative estimate of drug-likeness (QED) is 0.290. The molecule has 0 atom stereocenters. The highest BCUT2D eigenvalue weighted by atomic mass is 32.2. The second-order valence-electron chi connectivity index (χ2n) is 6.96. The maximum Gasteiger partial charge on any atom is 0.250 e. The highest BCUT2D eigenvalue weighted by Crippen LogP contribution is 2.22. The van der Waals surface area contributed by atoms with Crippen molar-refractivity contribution in [2.24, 2.45) is 5.10 Å². The van der Waals surface area contributed by atoms with Gasteiger partial charge in [-0.15, -0.1) is 0 Å². The number of aryl methyl sites for hydroxylation is 4. The van der Waals surface area contributed by atoms with Gasteiger partial charge in [0.15, 0.2) is 5.16 Å². The number of nitrogens with one attached hydrogen (secondary N) is 1. The van der Waals surface area contributed by atoms with E-state index in [2.05, 4.69) is 64.0 Å². The zero-order chi connectivity index (χ0) is 21.0.